The zero-order valence-corrected chi connectivity index (χ0v) is 12.5. The Morgan fingerprint density at radius 2 is 2.15 bits per heavy atom. The Kier molecular flexibility index (Phi) is 5.57. The summed E-state index contributed by atoms with van der Waals surface area (Å²) in [6.45, 7) is 4.48. The van der Waals surface area contributed by atoms with E-state index in [4.69, 9.17) is 15.2 Å². The number of fused-ring (bicyclic) bond motifs is 1. The molecule has 0 aliphatic rings. The van der Waals surface area contributed by atoms with Crippen LogP contribution in [0.2, 0.25) is 0 Å². The normalized spacial score (nSPS) is 11.3. The fourth-order valence-electron chi connectivity index (χ4n) is 1.71. The number of rotatable bonds is 8. The highest BCUT2D eigenvalue weighted by atomic mass is 32.2. The zero-order valence-electron chi connectivity index (χ0n) is 11.7. The second kappa shape index (κ2) is 7.41. The van der Waals surface area contributed by atoms with E-state index in [1.165, 1.54) is 0 Å². The smallest absolute Gasteiger partial charge is 0.191 e. The lowest BCUT2D eigenvalue weighted by Gasteiger charge is -2.06. The summed E-state index contributed by atoms with van der Waals surface area (Å²) in [5.41, 5.74) is 7.30. The largest absolute Gasteiger partial charge is 0.382 e. The monoisotopic (exact) mass is 297 g/mol. The van der Waals surface area contributed by atoms with Gasteiger partial charge in [-0.05, 0) is 5.75 Å². The van der Waals surface area contributed by atoms with Crippen molar-refractivity contribution in [1.82, 2.24) is 19.5 Å². The van der Waals surface area contributed by atoms with E-state index in [9.17, 15) is 0 Å². The number of anilines is 1. The van der Waals surface area contributed by atoms with Crippen LogP contribution in [0.5, 0.6) is 0 Å². The lowest BCUT2D eigenvalue weighted by Crippen LogP contribution is -2.09. The lowest BCUT2D eigenvalue weighted by molar-refractivity contribution is 0.0669. The molecule has 0 atom stereocenters. The molecule has 2 aromatic heterocycles. The molecule has 110 valence electrons. The van der Waals surface area contributed by atoms with Gasteiger partial charge in [0, 0.05) is 13.7 Å². The summed E-state index contributed by atoms with van der Waals surface area (Å²) < 4.78 is 12.3. The molecule has 8 heteroatoms. The Bertz CT molecular complexity index is 560. The number of aromatic nitrogens is 4. The van der Waals surface area contributed by atoms with E-state index in [2.05, 4.69) is 21.9 Å². The first-order valence-electron chi connectivity index (χ1n) is 6.44. The van der Waals surface area contributed by atoms with E-state index in [0.717, 1.165) is 11.4 Å². The first-order chi connectivity index (χ1) is 9.76. The highest BCUT2D eigenvalue weighted by Crippen LogP contribution is 2.21. The van der Waals surface area contributed by atoms with Crippen molar-refractivity contribution in [3.8, 4) is 0 Å². The molecular weight excluding hydrogens is 278 g/mol. The van der Waals surface area contributed by atoms with Crippen LogP contribution in [0.1, 0.15) is 6.92 Å². The van der Waals surface area contributed by atoms with Gasteiger partial charge in [-0.3, -0.25) is 0 Å². The predicted octanol–water partition coefficient (Wildman–Crippen LogP) is 1.18. The summed E-state index contributed by atoms with van der Waals surface area (Å²) in [5.74, 6) is 1.32. The molecule has 0 amide bonds. The third-order valence-electron chi connectivity index (χ3n) is 2.65. The fourth-order valence-corrected chi connectivity index (χ4v) is 2.28. The number of nitrogens with two attached hydrogens (primary N) is 1. The summed E-state index contributed by atoms with van der Waals surface area (Å²) in [6, 6.07) is 0. The van der Waals surface area contributed by atoms with Gasteiger partial charge in [0.05, 0.1) is 26.1 Å². The van der Waals surface area contributed by atoms with Crippen molar-refractivity contribution < 1.29 is 9.47 Å². The molecule has 0 unspecified atom stereocenters. The Morgan fingerprint density at radius 1 is 1.30 bits per heavy atom. The Morgan fingerprint density at radius 3 is 2.90 bits per heavy atom. The molecule has 0 aliphatic heterocycles. The minimum Gasteiger partial charge on any atom is -0.382 e. The lowest BCUT2D eigenvalue weighted by atomic mass is 10.5. The zero-order chi connectivity index (χ0) is 14.4. The van der Waals surface area contributed by atoms with Crippen molar-refractivity contribution in [1.29, 1.82) is 0 Å². The van der Waals surface area contributed by atoms with Crippen molar-refractivity contribution in [3.63, 3.8) is 0 Å². The molecule has 0 aliphatic carbocycles. The van der Waals surface area contributed by atoms with Crippen molar-refractivity contribution >= 4 is 28.7 Å². The van der Waals surface area contributed by atoms with Crippen LogP contribution in [0.15, 0.2) is 11.5 Å². The van der Waals surface area contributed by atoms with Crippen LogP contribution < -0.4 is 5.73 Å². The van der Waals surface area contributed by atoms with Gasteiger partial charge in [0.15, 0.2) is 16.6 Å². The van der Waals surface area contributed by atoms with E-state index < -0.39 is 0 Å². The third-order valence-corrected chi connectivity index (χ3v) is 3.38. The topological polar surface area (TPSA) is 88.1 Å². The molecule has 2 N–H and O–H groups in total. The standard InChI is InChI=1S/C12H19N5O2S/c1-3-20-12-15-10(13)9-11(16-12)17(8-14-9)4-5-19-7-6-18-2/h8H,3-7H2,1-2H3,(H2,13,15,16). The summed E-state index contributed by atoms with van der Waals surface area (Å²) >= 11 is 1.56. The Hall–Kier alpha value is -1.38. The molecule has 0 aromatic carbocycles. The van der Waals surface area contributed by atoms with Crippen molar-refractivity contribution in [3.05, 3.63) is 6.33 Å². The molecular formula is C12H19N5O2S. The van der Waals surface area contributed by atoms with Gasteiger partial charge in [-0.1, -0.05) is 18.7 Å². The molecule has 0 bridgehead atoms. The van der Waals surface area contributed by atoms with E-state index in [1.807, 2.05) is 4.57 Å². The summed E-state index contributed by atoms with van der Waals surface area (Å²) in [7, 11) is 1.65. The number of hydrogen-bond donors (Lipinski definition) is 1. The van der Waals surface area contributed by atoms with Gasteiger partial charge in [0.1, 0.15) is 5.52 Å². The van der Waals surface area contributed by atoms with Gasteiger partial charge in [-0.25, -0.2) is 15.0 Å². The number of nitrogen functional groups attached to an aromatic ring is 1. The fraction of sp³-hybridized carbons (Fsp3) is 0.583. The van der Waals surface area contributed by atoms with Gasteiger partial charge in [-0.15, -0.1) is 0 Å². The van der Waals surface area contributed by atoms with E-state index in [0.29, 0.717) is 42.9 Å². The second-order valence-corrected chi connectivity index (χ2v) is 5.27. The first-order valence-corrected chi connectivity index (χ1v) is 7.42. The predicted molar refractivity (Wildman–Crippen MR) is 78.8 cm³/mol. The summed E-state index contributed by atoms with van der Waals surface area (Å²) in [5, 5.41) is 0.680. The maximum Gasteiger partial charge on any atom is 0.191 e. The van der Waals surface area contributed by atoms with Crippen molar-refractivity contribution in [2.45, 2.75) is 18.6 Å². The van der Waals surface area contributed by atoms with Crippen LogP contribution in [0.3, 0.4) is 0 Å². The molecule has 0 saturated heterocycles. The Labute approximate surface area is 121 Å². The maximum atomic E-state index is 5.91. The van der Waals surface area contributed by atoms with Gasteiger partial charge in [0.25, 0.3) is 0 Å². The minimum atomic E-state index is 0.421. The van der Waals surface area contributed by atoms with E-state index in [1.54, 1.807) is 25.2 Å². The molecule has 2 rings (SSSR count). The first kappa shape index (κ1) is 15.0. The van der Waals surface area contributed by atoms with Gasteiger partial charge in [-0.2, -0.15) is 0 Å². The molecule has 0 saturated carbocycles. The van der Waals surface area contributed by atoms with E-state index >= 15 is 0 Å². The van der Waals surface area contributed by atoms with Crippen LogP contribution in [0.25, 0.3) is 11.2 Å². The van der Waals surface area contributed by atoms with Crippen LogP contribution in [-0.4, -0.2) is 52.2 Å². The number of imidazole rings is 1. The second-order valence-electron chi connectivity index (χ2n) is 4.04. The molecule has 2 aromatic rings. The molecule has 20 heavy (non-hydrogen) atoms. The number of nitrogens with zero attached hydrogens (tertiary/aromatic N) is 4. The summed E-state index contributed by atoms with van der Waals surface area (Å²) in [6.07, 6.45) is 1.72. The number of ether oxygens (including phenoxy) is 2. The van der Waals surface area contributed by atoms with Crippen LogP contribution in [0.4, 0.5) is 5.82 Å². The van der Waals surface area contributed by atoms with Gasteiger partial charge < -0.3 is 19.8 Å². The van der Waals surface area contributed by atoms with Crippen LogP contribution in [-0.2, 0) is 16.0 Å². The average molecular weight is 297 g/mol. The van der Waals surface area contributed by atoms with Gasteiger partial charge in [0.2, 0.25) is 0 Å². The average Bonchev–Trinajstić information content (AvgIpc) is 2.83. The summed E-state index contributed by atoms with van der Waals surface area (Å²) in [4.78, 5) is 13.0. The molecule has 2 heterocycles. The molecule has 0 radical (unpaired) electrons. The highest BCUT2D eigenvalue weighted by molar-refractivity contribution is 7.99. The molecule has 7 nitrogen and oxygen atoms in total. The van der Waals surface area contributed by atoms with E-state index in [-0.39, 0.29) is 0 Å². The highest BCUT2D eigenvalue weighted by Gasteiger charge is 2.11. The quantitative estimate of drug-likeness (QED) is 0.444. The molecule has 0 spiro atoms. The number of methoxy groups -OCH3 is 1. The number of thioether (sulfide) groups is 1. The van der Waals surface area contributed by atoms with Crippen molar-refractivity contribution in [2.24, 2.45) is 0 Å². The van der Waals surface area contributed by atoms with Crippen LogP contribution in [0, 0.1) is 0 Å². The minimum absolute atomic E-state index is 0.421. The van der Waals surface area contributed by atoms with Crippen molar-refractivity contribution in [2.75, 3.05) is 38.4 Å². The Balaban J connectivity index is 2.09. The SMILES string of the molecule is CCSc1nc(N)c2ncn(CCOCCOC)c2n1. The third kappa shape index (κ3) is 3.59. The number of hydrogen-bond acceptors (Lipinski definition) is 7. The maximum absolute atomic E-state index is 5.91. The van der Waals surface area contributed by atoms with Crippen LogP contribution >= 0.6 is 11.8 Å². The molecule has 0 fully saturated rings. The van der Waals surface area contributed by atoms with Gasteiger partial charge >= 0.3 is 0 Å².